The van der Waals surface area contributed by atoms with Gasteiger partial charge in [0, 0.05) is 61.5 Å². The van der Waals surface area contributed by atoms with Gasteiger partial charge in [-0.2, -0.15) is 0 Å². The number of piperazine rings is 1. The van der Waals surface area contributed by atoms with Crippen LogP contribution in [0.1, 0.15) is 24.4 Å². The minimum atomic E-state index is -0.883. The Labute approximate surface area is 195 Å². The van der Waals surface area contributed by atoms with E-state index in [-0.39, 0.29) is 6.04 Å². The maximum Gasteiger partial charge on any atom is 0.153 e. The smallest absolute Gasteiger partial charge is 0.153 e. The molecule has 0 spiro atoms. The summed E-state index contributed by atoms with van der Waals surface area (Å²) >= 11 is 5.99. The summed E-state index contributed by atoms with van der Waals surface area (Å²) < 4.78 is 35.2. The summed E-state index contributed by atoms with van der Waals surface area (Å²) in [5.74, 6) is -0.508. The molecule has 3 aromatic rings. The molecule has 0 saturated carbocycles. The fourth-order valence-corrected chi connectivity index (χ4v) is 4.67. The van der Waals surface area contributed by atoms with E-state index in [1.807, 2.05) is 31.2 Å². The van der Waals surface area contributed by atoms with Crippen LogP contribution in [0.25, 0.3) is 0 Å². The molecule has 0 N–H and O–H groups in total. The van der Waals surface area contributed by atoms with Crippen molar-refractivity contribution < 1.29 is 13.5 Å². The molecule has 2 aliphatic rings. The molecule has 2 fully saturated rings. The number of hydrogen-bond donors (Lipinski definition) is 0. The van der Waals surface area contributed by atoms with Crippen molar-refractivity contribution in [2.45, 2.75) is 25.0 Å². The van der Waals surface area contributed by atoms with Gasteiger partial charge in [-0.3, -0.25) is 4.90 Å². The summed E-state index contributed by atoms with van der Waals surface area (Å²) in [6.07, 6.45) is 0.667. The molecule has 0 aliphatic carbocycles. The Hall–Kier alpha value is -2.62. The van der Waals surface area contributed by atoms with Crippen LogP contribution < -0.4 is 4.90 Å². The molecule has 1 aromatic heterocycles. The molecule has 174 valence electrons. The quantitative estimate of drug-likeness (QED) is 0.489. The van der Waals surface area contributed by atoms with Crippen LogP contribution in [0, 0.1) is 11.6 Å². The molecule has 7 nitrogen and oxygen atoms in total. The minimum absolute atomic E-state index is 0.329. The second-order valence-corrected chi connectivity index (χ2v) is 9.01. The molecule has 10 heteroatoms. The monoisotopic (exact) mass is 474 g/mol. The van der Waals surface area contributed by atoms with Gasteiger partial charge >= 0.3 is 0 Å². The van der Waals surface area contributed by atoms with E-state index in [1.165, 1.54) is 17.8 Å². The predicted octanol–water partition coefficient (Wildman–Crippen LogP) is 3.46. The van der Waals surface area contributed by atoms with Gasteiger partial charge in [-0.05, 0) is 47.7 Å². The highest BCUT2D eigenvalue weighted by Crippen LogP contribution is 2.48. The van der Waals surface area contributed by atoms with Gasteiger partial charge in [0.2, 0.25) is 0 Å². The topological polar surface area (TPSA) is 62.6 Å². The van der Waals surface area contributed by atoms with Crippen LogP contribution in [0.3, 0.4) is 0 Å². The van der Waals surface area contributed by atoms with Crippen molar-refractivity contribution in [2.24, 2.45) is 0 Å². The number of anilines is 1. The molecule has 3 heterocycles. The lowest BCUT2D eigenvalue weighted by molar-refractivity contribution is 0.206. The normalized spacial score (nSPS) is 21.9. The molecule has 33 heavy (non-hydrogen) atoms. The summed E-state index contributed by atoms with van der Waals surface area (Å²) in [6.45, 7) is 6.80. The van der Waals surface area contributed by atoms with Crippen molar-refractivity contribution in [2.75, 3.05) is 44.2 Å². The van der Waals surface area contributed by atoms with Crippen LogP contribution >= 0.6 is 11.6 Å². The van der Waals surface area contributed by atoms with Crippen LogP contribution in [0.15, 0.2) is 42.5 Å². The van der Waals surface area contributed by atoms with Crippen LogP contribution in [0.4, 0.5) is 14.5 Å². The number of rotatable bonds is 7. The molecule has 5 rings (SSSR count). The van der Waals surface area contributed by atoms with Crippen LogP contribution in [-0.4, -0.2) is 64.4 Å². The summed E-state index contributed by atoms with van der Waals surface area (Å²) in [5.41, 5.74) is 0.627. The third-order valence-electron chi connectivity index (χ3n) is 6.66. The lowest BCUT2D eigenvalue weighted by Crippen LogP contribution is -2.47. The summed E-state index contributed by atoms with van der Waals surface area (Å²) in [5, 5.41) is 13.0. The van der Waals surface area contributed by atoms with Crippen LogP contribution in [0.2, 0.25) is 5.02 Å². The summed E-state index contributed by atoms with van der Waals surface area (Å²) in [4.78, 5) is 4.74. The SMILES string of the molecule is CC(n1nnnc1CCN1CCN(c2ccc(Cl)cc2)CC1)C1(c2ccc(F)cc2F)CO1. The molecular weight excluding hydrogens is 450 g/mol. The first kappa shape index (κ1) is 22.2. The molecule has 2 aliphatic heterocycles. The fraction of sp³-hybridized carbons (Fsp3) is 0.435. The van der Waals surface area contributed by atoms with Gasteiger partial charge in [-0.1, -0.05) is 17.7 Å². The van der Waals surface area contributed by atoms with Crippen molar-refractivity contribution in [1.82, 2.24) is 25.1 Å². The lowest BCUT2D eigenvalue weighted by atomic mass is 9.92. The zero-order valence-corrected chi connectivity index (χ0v) is 19.0. The Morgan fingerprint density at radius 3 is 2.48 bits per heavy atom. The Morgan fingerprint density at radius 2 is 1.82 bits per heavy atom. The van der Waals surface area contributed by atoms with E-state index >= 15 is 0 Å². The van der Waals surface area contributed by atoms with E-state index < -0.39 is 17.2 Å². The van der Waals surface area contributed by atoms with Crippen LogP contribution in [0.5, 0.6) is 0 Å². The highest BCUT2D eigenvalue weighted by atomic mass is 35.5. The average Bonchev–Trinajstić information content (AvgIpc) is 3.48. The number of ether oxygens (including phenoxy) is 1. The standard InChI is InChI=1S/C23H25ClF2N6O/c1-16(23(15-33-23)20-7-4-18(25)14-21(20)26)32-22(27-28-29-32)8-9-30-10-12-31(13-11-30)19-5-2-17(24)3-6-19/h2-7,14,16H,8-13,15H2,1H3. The highest BCUT2D eigenvalue weighted by molar-refractivity contribution is 6.30. The van der Waals surface area contributed by atoms with E-state index in [2.05, 4.69) is 25.3 Å². The Bertz CT molecular complexity index is 1110. The zero-order chi connectivity index (χ0) is 23.0. The van der Waals surface area contributed by atoms with Gasteiger partial charge in [-0.25, -0.2) is 13.5 Å². The molecule has 0 radical (unpaired) electrons. The number of nitrogens with zero attached hydrogens (tertiary/aromatic N) is 6. The largest absolute Gasteiger partial charge is 0.369 e. The molecule has 2 unspecified atom stereocenters. The summed E-state index contributed by atoms with van der Waals surface area (Å²) in [7, 11) is 0. The number of aromatic nitrogens is 4. The van der Waals surface area contributed by atoms with E-state index in [0.29, 0.717) is 18.6 Å². The predicted molar refractivity (Wildman–Crippen MR) is 120 cm³/mol. The first-order valence-electron chi connectivity index (χ1n) is 11.1. The molecule has 2 saturated heterocycles. The third kappa shape index (κ3) is 4.45. The molecule has 0 bridgehead atoms. The zero-order valence-electron chi connectivity index (χ0n) is 18.3. The molecule has 2 atom stereocenters. The average molecular weight is 475 g/mol. The van der Waals surface area contributed by atoms with Crippen molar-refractivity contribution in [3.63, 3.8) is 0 Å². The molecular formula is C23H25ClF2N6O. The van der Waals surface area contributed by atoms with Gasteiger partial charge in [0.1, 0.15) is 17.2 Å². The number of halogens is 3. The minimum Gasteiger partial charge on any atom is -0.369 e. The Kier molecular flexibility index (Phi) is 6.03. The second-order valence-electron chi connectivity index (χ2n) is 8.57. The van der Waals surface area contributed by atoms with Crippen molar-refractivity contribution >= 4 is 17.3 Å². The first-order chi connectivity index (χ1) is 16.0. The van der Waals surface area contributed by atoms with Crippen molar-refractivity contribution in [3.8, 4) is 0 Å². The third-order valence-corrected chi connectivity index (χ3v) is 6.91. The fourth-order valence-electron chi connectivity index (χ4n) is 4.55. The molecule has 0 amide bonds. The summed E-state index contributed by atoms with van der Waals surface area (Å²) in [6, 6.07) is 11.2. The van der Waals surface area contributed by atoms with Gasteiger partial charge < -0.3 is 9.64 Å². The van der Waals surface area contributed by atoms with Crippen molar-refractivity contribution in [1.29, 1.82) is 0 Å². The van der Waals surface area contributed by atoms with E-state index in [1.54, 1.807) is 4.68 Å². The van der Waals surface area contributed by atoms with Gasteiger partial charge in [0.15, 0.2) is 5.82 Å². The lowest BCUT2D eigenvalue weighted by Gasteiger charge is -2.36. The highest BCUT2D eigenvalue weighted by Gasteiger charge is 2.54. The Balaban J connectivity index is 1.21. The van der Waals surface area contributed by atoms with E-state index in [9.17, 15) is 8.78 Å². The number of hydrogen-bond acceptors (Lipinski definition) is 6. The van der Waals surface area contributed by atoms with Crippen molar-refractivity contribution in [3.05, 3.63) is 70.5 Å². The maximum absolute atomic E-state index is 14.5. The van der Waals surface area contributed by atoms with Crippen LogP contribution in [-0.2, 0) is 16.8 Å². The number of benzene rings is 2. The van der Waals surface area contributed by atoms with Gasteiger partial charge in [0.05, 0.1) is 12.6 Å². The van der Waals surface area contributed by atoms with Gasteiger partial charge in [0.25, 0.3) is 0 Å². The van der Waals surface area contributed by atoms with E-state index in [0.717, 1.165) is 49.6 Å². The van der Waals surface area contributed by atoms with E-state index in [4.69, 9.17) is 16.3 Å². The second kappa shape index (κ2) is 8.96. The maximum atomic E-state index is 14.5. The molecule has 2 aromatic carbocycles. The first-order valence-corrected chi connectivity index (χ1v) is 11.4. The number of tetrazole rings is 1. The Morgan fingerprint density at radius 1 is 1.09 bits per heavy atom. The number of epoxide rings is 1. The van der Waals surface area contributed by atoms with Gasteiger partial charge in [-0.15, -0.1) is 5.10 Å².